The molecule has 2 aromatic heterocycles. The second-order valence-electron chi connectivity index (χ2n) is 10.5. The number of likely N-dealkylation sites (tertiary alicyclic amines) is 1. The van der Waals surface area contributed by atoms with Crippen LogP contribution >= 0.6 is 0 Å². The molecule has 0 saturated carbocycles. The van der Waals surface area contributed by atoms with E-state index in [1.807, 2.05) is 47.4 Å². The molecule has 1 amide bonds. The number of carbonyl (C=O) groups excluding carboxylic acids is 1. The lowest BCUT2D eigenvalue weighted by Crippen LogP contribution is -2.37. The Balaban J connectivity index is 1.42. The number of nitrogens with two attached hydrogens (primary N) is 1. The minimum Gasteiger partial charge on any atom is -0.457 e. The van der Waals surface area contributed by atoms with Gasteiger partial charge in [-0.05, 0) is 80.6 Å². The Bertz CT molecular complexity index is 1600. The largest absolute Gasteiger partial charge is 0.457 e. The lowest BCUT2D eigenvalue weighted by Gasteiger charge is -2.29. The van der Waals surface area contributed by atoms with Crippen molar-refractivity contribution in [1.29, 1.82) is 0 Å². The fourth-order valence-electron chi connectivity index (χ4n) is 5.84. The van der Waals surface area contributed by atoms with Crippen LogP contribution in [0, 0.1) is 17.8 Å². The van der Waals surface area contributed by atoms with Crippen molar-refractivity contribution in [2.24, 2.45) is 5.92 Å². The molecule has 0 aliphatic carbocycles. The molecule has 6 rings (SSSR count). The van der Waals surface area contributed by atoms with Crippen LogP contribution in [0.3, 0.4) is 0 Å². The highest BCUT2D eigenvalue weighted by atomic mass is 16.5. The predicted molar refractivity (Wildman–Crippen MR) is 161 cm³/mol. The molecule has 8 heteroatoms. The smallest absolute Gasteiger partial charge is 0.245 e. The number of hydrogen-bond donors (Lipinski definition) is 2. The van der Waals surface area contributed by atoms with Gasteiger partial charge < -0.3 is 25.3 Å². The van der Waals surface area contributed by atoms with Crippen molar-refractivity contribution in [2.75, 3.05) is 31.9 Å². The van der Waals surface area contributed by atoms with Crippen LogP contribution in [0.2, 0.25) is 0 Å². The van der Waals surface area contributed by atoms with E-state index in [0.29, 0.717) is 18.9 Å². The van der Waals surface area contributed by atoms with Gasteiger partial charge in [0.2, 0.25) is 5.91 Å². The Hall–Kier alpha value is -4.61. The number of fused-ring (bicyclic) bond motifs is 1. The predicted octanol–water partition coefficient (Wildman–Crippen LogP) is 5.17. The third kappa shape index (κ3) is 5.54. The Kier molecular flexibility index (Phi) is 7.70. The van der Waals surface area contributed by atoms with Gasteiger partial charge in [-0.25, -0.2) is 9.97 Å². The van der Waals surface area contributed by atoms with Crippen LogP contribution < -0.4 is 15.8 Å². The first-order chi connectivity index (χ1) is 20.1. The van der Waals surface area contributed by atoms with Crippen LogP contribution in [0.15, 0.2) is 73.6 Å². The van der Waals surface area contributed by atoms with Gasteiger partial charge in [0.25, 0.3) is 0 Å². The number of anilines is 1. The van der Waals surface area contributed by atoms with Crippen molar-refractivity contribution in [2.45, 2.75) is 31.7 Å². The van der Waals surface area contributed by atoms with Gasteiger partial charge in [-0.15, -0.1) is 0 Å². The molecule has 4 heterocycles. The lowest BCUT2D eigenvalue weighted by atomic mass is 9.96. The summed E-state index contributed by atoms with van der Waals surface area (Å²) >= 11 is 0. The molecule has 0 atom stereocenters. The number of amides is 1. The summed E-state index contributed by atoms with van der Waals surface area (Å²) in [5, 5.41) is 4.30. The van der Waals surface area contributed by atoms with E-state index < -0.39 is 0 Å². The van der Waals surface area contributed by atoms with E-state index in [-0.39, 0.29) is 17.9 Å². The molecule has 0 bridgehead atoms. The summed E-state index contributed by atoms with van der Waals surface area (Å²) in [6.45, 7) is 6.88. The molecule has 2 aliphatic rings. The van der Waals surface area contributed by atoms with Crippen LogP contribution in [-0.2, 0) is 4.79 Å². The third-order valence-electron chi connectivity index (χ3n) is 7.98. The summed E-state index contributed by atoms with van der Waals surface area (Å²) in [6.07, 6.45) is 6.56. The summed E-state index contributed by atoms with van der Waals surface area (Å²) in [5.41, 5.74) is 10.2. The minimum absolute atomic E-state index is 0.0153. The van der Waals surface area contributed by atoms with Gasteiger partial charge in [0.05, 0.1) is 5.39 Å². The fourth-order valence-corrected chi connectivity index (χ4v) is 5.84. The third-order valence-corrected chi connectivity index (χ3v) is 7.98. The molecular weight excluding hydrogens is 512 g/mol. The number of ether oxygens (including phenoxy) is 1. The molecule has 0 radical (unpaired) electrons. The van der Waals surface area contributed by atoms with Crippen LogP contribution in [0.1, 0.15) is 37.4 Å². The van der Waals surface area contributed by atoms with E-state index in [0.717, 1.165) is 78.1 Å². The molecule has 2 aliphatic heterocycles. The van der Waals surface area contributed by atoms with Gasteiger partial charge in [0.15, 0.2) is 0 Å². The number of benzene rings is 2. The number of rotatable bonds is 5. The van der Waals surface area contributed by atoms with Crippen molar-refractivity contribution < 1.29 is 9.53 Å². The van der Waals surface area contributed by atoms with E-state index in [1.165, 1.54) is 6.08 Å². The van der Waals surface area contributed by atoms with Crippen molar-refractivity contribution in [1.82, 2.24) is 24.8 Å². The standard InChI is InChI=1S/C33H34N6O2/c1-2-29(40)38-20-16-23(17-21-38)8-13-28-30(24-9-11-27(12-10-24)41-26-6-4-3-5-7-26)31-32(34)36-22-37-33(31)39(28)25-14-18-35-19-15-25/h2-7,9-12,22-23,25,35H,1,14-21H2,(H2,34,36,37). The topological polar surface area (TPSA) is 98.3 Å². The molecule has 0 unspecified atom stereocenters. The van der Waals surface area contributed by atoms with E-state index in [4.69, 9.17) is 15.5 Å². The number of piperidine rings is 2. The number of hydrogen-bond acceptors (Lipinski definition) is 6. The van der Waals surface area contributed by atoms with Gasteiger partial charge in [-0.2, -0.15) is 0 Å². The molecule has 8 nitrogen and oxygen atoms in total. The second kappa shape index (κ2) is 11.9. The summed E-state index contributed by atoms with van der Waals surface area (Å²) < 4.78 is 8.34. The Morgan fingerprint density at radius 2 is 1.71 bits per heavy atom. The maximum absolute atomic E-state index is 12.1. The first-order valence-corrected chi connectivity index (χ1v) is 14.2. The zero-order valence-electron chi connectivity index (χ0n) is 23.1. The molecule has 41 heavy (non-hydrogen) atoms. The molecule has 2 fully saturated rings. The quantitative estimate of drug-likeness (QED) is 0.265. The van der Waals surface area contributed by atoms with Crippen LogP contribution in [0.5, 0.6) is 11.5 Å². The molecule has 3 N–H and O–H groups in total. The Morgan fingerprint density at radius 3 is 2.41 bits per heavy atom. The van der Waals surface area contributed by atoms with E-state index in [1.54, 1.807) is 6.33 Å². The summed E-state index contributed by atoms with van der Waals surface area (Å²) in [4.78, 5) is 23.0. The second-order valence-corrected chi connectivity index (χ2v) is 10.5. The average molecular weight is 547 g/mol. The Labute approximate surface area is 240 Å². The number of carbonyl (C=O) groups is 1. The lowest BCUT2D eigenvalue weighted by molar-refractivity contribution is -0.127. The van der Waals surface area contributed by atoms with Gasteiger partial charge in [-0.1, -0.05) is 42.8 Å². The monoisotopic (exact) mass is 546 g/mol. The van der Waals surface area contributed by atoms with Crippen molar-refractivity contribution in [3.05, 3.63) is 79.3 Å². The van der Waals surface area contributed by atoms with E-state index >= 15 is 0 Å². The van der Waals surface area contributed by atoms with Crippen LogP contribution in [0.4, 0.5) is 5.82 Å². The fraction of sp³-hybridized carbons (Fsp3) is 0.303. The highest BCUT2D eigenvalue weighted by Gasteiger charge is 2.27. The van der Waals surface area contributed by atoms with Crippen LogP contribution in [-0.4, -0.2) is 51.5 Å². The maximum Gasteiger partial charge on any atom is 0.245 e. The zero-order chi connectivity index (χ0) is 28.2. The van der Waals surface area contributed by atoms with Crippen molar-refractivity contribution in [3.8, 4) is 34.5 Å². The average Bonchev–Trinajstić information content (AvgIpc) is 3.36. The normalized spacial score (nSPS) is 16.2. The summed E-state index contributed by atoms with van der Waals surface area (Å²) in [5.74, 6) is 9.32. The molecule has 208 valence electrons. The number of nitrogen functional groups attached to an aromatic ring is 1. The van der Waals surface area contributed by atoms with E-state index in [2.05, 4.69) is 45.4 Å². The summed E-state index contributed by atoms with van der Waals surface area (Å²) in [6, 6.07) is 18.0. The molecule has 2 aromatic carbocycles. The van der Waals surface area contributed by atoms with Crippen molar-refractivity contribution >= 4 is 22.8 Å². The summed E-state index contributed by atoms with van der Waals surface area (Å²) in [7, 11) is 0. The molecule has 0 spiro atoms. The van der Waals surface area contributed by atoms with E-state index in [9.17, 15) is 4.79 Å². The Morgan fingerprint density at radius 1 is 1.00 bits per heavy atom. The number of para-hydroxylation sites is 1. The minimum atomic E-state index is -0.0153. The van der Waals surface area contributed by atoms with Crippen molar-refractivity contribution in [3.63, 3.8) is 0 Å². The molecular formula is C33H34N6O2. The van der Waals surface area contributed by atoms with Gasteiger partial charge in [-0.3, -0.25) is 4.79 Å². The first-order valence-electron chi connectivity index (χ1n) is 14.2. The first kappa shape index (κ1) is 26.6. The highest BCUT2D eigenvalue weighted by Crippen LogP contribution is 2.40. The van der Waals surface area contributed by atoms with Gasteiger partial charge in [0.1, 0.15) is 35.0 Å². The highest BCUT2D eigenvalue weighted by molar-refractivity contribution is 6.03. The molecule has 2 saturated heterocycles. The number of aromatic nitrogens is 3. The SMILES string of the molecule is C=CC(=O)N1CCC(C#Cc2c(-c3ccc(Oc4ccccc4)cc3)c3c(N)ncnc3n2C2CCNCC2)CC1. The molecule has 4 aromatic rings. The zero-order valence-corrected chi connectivity index (χ0v) is 23.1. The maximum atomic E-state index is 12.1. The van der Waals surface area contributed by atoms with Gasteiger partial charge in [0, 0.05) is 30.6 Å². The number of nitrogens with one attached hydrogen (secondary N) is 1. The van der Waals surface area contributed by atoms with Crippen LogP contribution in [0.25, 0.3) is 22.2 Å². The number of nitrogens with zero attached hydrogens (tertiary/aromatic N) is 4. The van der Waals surface area contributed by atoms with Gasteiger partial charge >= 0.3 is 0 Å².